The summed E-state index contributed by atoms with van der Waals surface area (Å²) in [4.78, 5) is 27.8. The quantitative estimate of drug-likeness (QED) is 0.757. The summed E-state index contributed by atoms with van der Waals surface area (Å²) < 4.78 is 10.2. The van der Waals surface area contributed by atoms with E-state index in [0.29, 0.717) is 30.7 Å². The Morgan fingerprint density at radius 3 is 2.60 bits per heavy atom. The minimum Gasteiger partial charge on any atom is -0.457 e. The van der Waals surface area contributed by atoms with Crippen molar-refractivity contribution in [1.29, 1.82) is 0 Å². The van der Waals surface area contributed by atoms with E-state index < -0.39 is 6.10 Å². The van der Waals surface area contributed by atoms with Gasteiger partial charge in [0.15, 0.2) is 0 Å². The van der Waals surface area contributed by atoms with Gasteiger partial charge in [0.05, 0.1) is 17.4 Å². The van der Waals surface area contributed by atoms with Gasteiger partial charge < -0.3 is 24.4 Å². The summed E-state index contributed by atoms with van der Waals surface area (Å²) in [5.41, 5.74) is 4.70. The van der Waals surface area contributed by atoms with Gasteiger partial charge in [-0.15, -0.1) is 0 Å². The molecule has 0 aromatic heterocycles. The largest absolute Gasteiger partial charge is 0.457 e. The zero-order chi connectivity index (χ0) is 20.9. The van der Waals surface area contributed by atoms with Crippen LogP contribution in [0.1, 0.15) is 52.4 Å². The zero-order valence-electron chi connectivity index (χ0n) is 17.4. The van der Waals surface area contributed by atoms with Crippen molar-refractivity contribution in [2.45, 2.75) is 38.9 Å². The number of aliphatic hydroxyl groups is 1. The number of piperidine rings is 1. The molecule has 1 aromatic carbocycles. The third kappa shape index (κ3) is 3.40. The normalized spacial score (nSPS) is 24.1. The molecule has 1 unspecified atom stereocenters. The highest BCUT2D eigenvalue weighted by Gasteiger charge is 2.42. The number of carbonyl (C=O) groups is 2. The second-order valence-corrected chi connectivity index (χ2v) is 9.11. The lowest BCUT2D eigenvalue weighted by Crippen LogP contribution is -2.43. The van der Waals surface area contributed by atoms with Crippen LogP contribution >= 0.6 is 0 Å². The fourth-order valence-electron chi connectivity index (χ4n) is 5.42. The maximum atomic E-state index is 11.7. The maximum Gasteiger partial charge on any atom is 0.338 e. The molecule has 1 atom stereocenters. The van der Waals surface area contributed by atoms with Crippen molar-refractivity contribution in [2.24, 2.45) is 5.41 Å². The van der Waals surface area contributed by atoms with E-state index >= 15 is 0 Å². The lowest BCUT2D eigenvalue weighted by atomic mass is 9.77. The molecule has 2 fully saturated rings. The van der Waals surface area contributed by atoms with Crippen LogP contribution in [0.15, 0.2) is 23.9 Å². The van der Waals surface area contributed by atoms with Gasteiger partial charge in [0.25, 0.3) is 0 Å². The monoisotopic (exact) mass is 412 g/mol. The molecule has 7 nitrogen and oxygen atoms in total. The van der Waals surface area contributed by atoms with Crippen molar-refractivity contribution < 1.29 is 24.2 Å². The van der Waals surface area contributed by atoms with Crippen LogP contribution in [0.25, 0.3) is 0 Å². The van der Waals surface area contributed by atoms with E-state index in [1.165, 1.54) is 0 Å². The average Bonchev–Trinajstić information content (AvgIpc) is 3.44. The van der Waals surface area contributed by atoms with Crippen LogP contribution in [0.5, 0.6) is 0 Å². The molecule has 0 aliphatic carbocycles. The molecule has 0 saturated carbocycles. The molecule has 1 spiro atoms. The van der Waals surface area contributed by atoms with Crippen LogP contribution in [-0.4, -0.2) is 66.2 Å². The number of aliphatic hydroxyl groups excluding tert-OH is 1. The van der Waals surface area contributed by atoms with Crippen LogP contribution in [0, 0.1) is 12.3 Å². The predicted octanol–water partition coefficient (Wildman–Crippen LogP) is 1.93. The first-order valence-electron chi connectivity index (χ1n) is 10.8. The average molecular weight is 412 g/mol. The highest BCUT2D eigenvalue weighted by Crippen LogP contribution is 2.42. The Bertz CT molecular complexity index is 916. The molecule has 4 aliphatic heterocycles. The van der Waals surface area contributed by atoms with E-state index in [1.807, 2.05) is 13.0 Å². The van der Waals surface area contributed by atoms with Gasteiger partial charge in [-0.2, -0.15) is 0 Å². The van der Waals surface area contributed by atoms with Crippen molar-refractivity contribution in [3.63, 3.8) is 0 Å². The van der Waals surface area contributed by atoms with E-state index in [-0.39, 0.29) is 11.9 Å². The maximum absolute atomic E-state index is 11.7. The number of β-amino-alcohol motifs (C(OH)–C–C–N with tert-alkyl or cyclic N) is 1. The van der Waals surface area contributed by atoms with E-state index in [2.05, 4.69) is 9.80 Å². The van der Waals surface area contributed by atoms with Gasteiger partial charge in [0.2, 0.25) is 0 Å². The molecule has 160 valence electrons. The molecule has 2 saturated heterocycles. The first-order chi connectivity index (χ1) is 14.4. The molecular formula is C23H28N2O5. The minimum atomic E-state index is -0.577. The Kier molecular flexibility index (Phi) is 4.82. The summed E-state index contributed by atoms with van der Waals surface area (Å²) in [6.07, 6.45) is 4.40. The Morgan fingerprint density at radius 2 is 1.87 bits per heavy atom. The second-order valence-electron chi connectivity index (χ2n) is 9.11. The molecule has 7 heteroatoms. The first kappa shape index (κ1) is 19.6. The van der Waals surface area contributed by atoms with E-state index in [0.717, 1.165) is 67.8 Å². The molecule has 1 aromatic rings. The molecule has 0 bridgehead atoms. The topological polar surface area (TPSA) is 79.3 Å². The molecule has 5 rings (SSSR count). The number of ether oxygens (including phenoxy) is 2. The zero-order valence-corrected chi connectivity index (χ0v) is 17.4. The van der Waals surface area contributed by atoms with Crippen LogP contribution in [0.3, 0.4) is 0 Å². The van der Waals surface area contributed by atoms with Crippen LogP contribution < -0.4 is 0 Å². The second kappa shape index (κ2) is 7.39. The fraction of sp³-hybridized carbons (Fsp3) is 0.565. The van der Waals surface area contributed by atoms with Gasteiger partial charge in [-0.1, -0.05) is 6.07 Å². The molecule has 0 amide bonds. The standard InChI is InChI=1S/C23H28N2O5/c1-15-17(2-3-18-19(15)13-30-22(18)28)20(26)11-24-7-4-23(5-8-24)6-9-25(14-23)16-10-21(27)29-12-16/h2-3,10,20,26H,4-9,11-14H2,1H3. The molecular weight excluding hydrogens is 384 g/mol. The number of esters is 2. The number of nitrogens with zero attached hydrogens (tertiary/aromatic N) is 2. The summed E-state index contributed by atoms with van der Waals surface area (Å²) in [5.74, 6) is -0.502. The first-order valence-corrected chi connectivity index (χ1v) is 10.8. The number of hydrogen-bond acceptors (Lipinski definition) is 7. The van der Waals surface area contributed by atoms with E-state index in [9.17, 15) is 14.7 Å². The fourth-order valence-corrected chi connectivity index (χ4v) is 5.42. The highest BCUT2D eigenvalue weighted by molar-refractivity contribution is 5.94. The Morgan fingerprint density at radius 1 is 1.10 bits per heavy atom. The van der Waals surface area contributed by atoms with Crippen molar-refractivity contribution in [3.8, 4) is 0 Å². The smallest absolute Gasteiger partial charge is 0.338 e. The van der Waals surface area contributed by atoms with Crippen LogP contribution in [0.4, 0.5) is 0 Å². The number of likely N-dealkylation sites (tertiary alicyclic amines) is 2. The SMILES string of the molecule is Cc1c(C(O)CN2CCC3(CC2)CCN(C2=CC(=O)OC2)C3)ccc2c1COC2=O. The molecule has 30 heavy (non-hydrogen) atoms. The number of fused-ring (bicyclic) bond motifs is 1. The van der Waals surface area contributed by atoms with E-state index in [1.54, 1.807) is 12.1 Å². The third-order valence-corrected chi connectivity index (χ3v) is 7.41. The number of benzene rings is 1. The van der Waals surface area contributed by atoms with Gasteiger partial charge >= 0.3 is 11.9 Å². The van der Waals surface area contributed by atoms with Crippen molar-refractivity contribution in [2.75, 3.05) is 39.3 Å². The number of hydrogen-bond donors (Lipinski definition) is 1. The Balaban J connectivity index is 1.19. The Hall–Kier alpha value is -2.38. The Labute approximate surface area is 176 Å². The lowest BCUT2D eigenvalue weighted by molar-refractivity contribution is -0.135. The molecule has 0 radical (unpaired) electrons. The van der Waals surface area contributed by atoms with Gasteiger partial charge in [-0.05, 0) is 61.9 Å². The predicted molar refractivity (Wildman–Crippen MR) is 109 cm³/mol. The van der Waals surface area contributed by atoms with Crippen molar-refractivity contribution >= 4 is 11.9 Å². The van der Waals surface area contributed by atoms with Crippen LogP contribution in [-0.2, 0) is 20.9 Å². The third-order valence-electron chi connectivity index (χ3n) is 7.41. The van der Waals surface area contributed by atoms with Crippen molar-refractivity contribution in [1.82, 2.24) is 9.80 Å². The number of carbonyl (C=O) groups excluding carboxylic acids is 2. The lowest BCUT2D eigenvalue weighted by Gasteiger charge is -2.40. The number of rotatable bonds is 4. The molecule has 1 N–H and O–H groups in total. The highest BCUT2D eigenvalue weighted by atomic mass is 16.5. The summed E-state index contributed by atoms with van der Waals surface area (Å²) in [5, 5.41) is 10.9. The van der Waals surface area contributed by atoms with Gasteiger partial charge in [0.1, 0.15) is 13.2 Å². The summed E-state index contributed by atoms with van der Waals surface area (Å²) in [7, 11) is 0. The number of cyclic esters (lactones) is 2. The van der Waals surface area contributed by atoms with E-state index in [4.69, 9.17) is 9.47 Å². The summed E-state index contributed by atoms with van der Waals surface area (Å²) in [6, 6.07) is 3.64. The van der Waals surface area contributed by atoms with Gasteiger partial charge in [0, 0.05) is 31.3 Å². The minimum absolute atomic E-state index is 0.229. The summed E-state index contributed by atoms with van der Waals surface area (Å²) in [6.45, 7) is 7.17. The summed E-state index contributed by atoms with van der Waals surface area (Å²) >= 11 is 0. The molecule has 4 heterocycles. The van der Waals surface area contributed by atoms with Crippen LogP contribution in [0.2, 0.25) is 0 Å². The van der Waals surface area contributed by atoms with Gasteiger partial charge in [-0.25, -0.2) is 9.59 Å². The molecule has 4 aliphatic rings. The van der Waals surface area contributed by atoms with Crippen molar-refractivity contribution in [3.05, 3.63) is 46.2 Å². The van der Waals surface area contributed by atoms with Gasteiger partial charge in [-0.3, -0.25) is 0 Å².